The van der Waals surface area contributed by atoms with Crippen LogP contribution in [0.3, 0.4) is 0 Å². The molecule has 1 heterocycles. The van der Waals surface area contributed by atoms with Gasteiger partial charge in [-0.2, -0.15) is 5.10 Å². The van der Waals surface area contributed by atoms with Crippen molar-refractivity contribution in [3.8, 4) is 0 Å². The van der Waals surface area contributed by atoms with E-state index < -0.39 is 0 Å². The SMILES string of the molecule is Cc1cc(C)cc(NC(=S)Nc2nn(Cc3ccccc3Cl)cc2Cl)c1. The van der Waals surface area contributed by atoms with E-state index in [9.17, 15) is 0 Å². The number of halogens is 2. The van der Waals surface area contributed by atoms with E-state index in [-0.39, 0.29) is 0 Å². The van der Waals surface area contributed by atoms with Crippen LogP contribution in [0.5, 0.6) is 0 Å². The number of anilines is 2. The Morgan fingerprint density at radius 2 is 1.73 bits per heavy atom. The summed E-state index contributed by atoms with van der Waals surface area (Å²) in [4.78, 5) is 0. The summed E-state index contributed by atoms with van der Waals surface area (Å²) in [6, 6.07) is 13.8. The lowest BCUT2D eigenvalue weighted by molar-refractivity contribution is 0.690. The number of nitrogens with zero attached hydrogens (tertiary/aromatic N) is 2. The summed E-state index contributed by atoms with van der Waals surface area (Å²) in [7, 11) is 0. The monoisotopic (exact) mass is 404 g/mol. The quantitative estimate of drug-likeness (QED) is 0.550. The molecule has 0 radical (unpaired) electrons. The molecule has 1 aromatic heterocycles. The van der Waals surface area contributed by atoms with Crippen molar-refractivity contribution < 1.29 is 0 Å². The van der Waals surface area contributed by atoms with Gasteiger partial charge in [0.2, 0.25) is 0 Å². The Morgan fingerprint density at radius 1 is 1.04 bits per heavy atom. The summed E-state index contributed by atoms with van der Waals surface area (Å²) in [5.74, 6) is 0.501. The van der Waals surface area contributed by atoms with Crippen molar-refractivity contribution in [3.05, 3.63) is 75.4 Å². The van der Waals surface area contributed by atoms with Crippen LogP contribution in [-0.2, 0) is 6.54 Å². The number of aromatic nitrogens is 2. The van der Waals surface area contributed by atoms with Crippen LogP contribution in [0.15, 0.2) is 48.7 Å². The molecule has 0 fully saturated rings. The smallest absolute Gasteiger partial charge is 0.176 e. The molecule has 0 unspecified atom stereocenters. The minimum atomic E-state index is 0.430. The van der Waals surface area contributed by atoms with E-state index in [0.29, 0.717) is 27.5 Å². The Balaban J connectivity index is 1.69. The first-order valence-corrected chi connectivity index (χ1v) is 9.20. The Kier molecular flexibility index (Phi) is 5.81. The first-order valence-electron chi connectivity index (χ1n) is 8.03. The van der Waals surface area contributed by atoms with Gasteiger partial charge < -0.3 is 10.6 Å². The summed E-state index contributed by atoms with van der Waals surface area (Å²) < 4.78 is 1.73. The van der Waals surface area contributed by atoms with Crippen LogP contribution in [0.2, 0.25) is 10.0 Å². The van der Waals surface area contributed by atoms with Gasteiger partial charge in [0.1, 0.15) is 5.02 Å². The Hall–Kier alpha value is -2.08. The summed E-state index contributed by atoms with van der Waals surface area (Å²) in [6.45, 7) is 4.61. The van der Waals surface area contributed by atoms with Crippen LogP contribution in [0.4, 0.5) is 11.5 Å². The molecule has 0 saturated carbocycles. The van der Waals surface area contributed by atoms with Gasteiger partial charge in [-0.1, -0.05) is 47.5 Å². The normalized spacial score (nSPS) is 10.6. The van der Waals surface area contributed by atoms with Crippen molar-refractivity contribution in [2.24, 2.45) is 0 Å². The highest BCUT2D eigenvalue weighted by Crippen LogP contribution is 2.22. The van der Waals surface area contributed by atoms with E-state index in [1.807, 2.05) is 50.2 Å². The molecule has 4 nitrogen and oxygen atoms in total. The molecule has 0 amide bonds. The van der Waals surface area contributed by atoms with Gasteiger partial charge in [0.05, 0.1) is 6.54 Å². The van der Waals surface area contributed by atoms with E-state index in [2.05, 4.69) is 21.8 Å². The van der Waals surface area contributed by atoms with Crippen molar-refractivity contribution in [2.45, 2.75) is 20.4 Å². The standard InChI is InChI=1S/C19H18Cl2N4S/c1-12-7-13(2)9-15(8-12)22-19(26)23-18-17(21)11-25(24-18)10-14-5-3-4-6-16(14)20/h3-9,11H,10H2,1-2H3,(H2,22,23,24,26). The lowest BCUT2D eigenvalue weighted by Crippen LogP contribution is -2.20. The fourth-order valence-electron chi connectivity index (χ4n) is 2.68. The molecule has 3 aromatic rings. The molecule has 2 aromatic carbocycles. The minimum Gasteiger partial charge on any atom is -0.332 e. The second-order valence-corrected chi connectivity index (χ2v) is 7.29. The molecule has 0 saturated heterocycles. The highest BCUT2D eigenvalue weighted by molar-refractivity contribution is 7.80. The fourth-order valence-corrected chi connectivity index (χ4v) is 3.29. The van der Waals surface area contributed by atoms with Crippen molar-refractivity contribution in [1.82, 2.24) is 9.78 Å². The summed E-state index contributed by atoms with van der Waals surface area (Å²) in [5, 5.41) is 12.3. The zero-order chi connectivity index (χ0) is 18.7. The van der Waals surface area contributed by atoms with E-state index in [1.165, 1.54) is 0 Å². The third-order valence-corrected chi connectivity index (χ3v) is 4.57. The number of nitrogens with one attached hydrogen (secondary N) is 2. The molecule has 0 atom stereocenters. The summed E-state index contributed by atoms with van der Waals surface area (Å²) >= 11 is 17.9. The van der Waals surface area contributed by atoms with Gasteiger partial charge in [-0.25, -0.2) is 0 Å². The maximum Gasteiger partial charge on any atom is 0.176 e. The molecule has 3 rings (SSSR count). The third kappa shape index (κ3) is 4.75. The molecule has 0 aliphatic heterocycles. The maximum atomic E-state index is 6.28. The van der Waals surface area contributed by atoms with Crippen LogP contribution in [0.25, 0.3) is 0 Å². The van der Waals surface area contributed by atoms with Gasteiger partial charge in [0, 0.05) is 16.9 Å². The first-order chi connectivity index (χ1) is 12.4. The van der Waals surface area contributed by atoms with Crippen LogP contribution in [-0.4, -0.2) is 14.9 Å². The van der Waals surface area contributed by atoms with E-state index >= 15 is 0 Å². The van der Waals surface area contributed by atoms with Crippen molar-refractivity contribution in [2.75, 3.05) is 10.6 Å². The van der Waals surface area contributed by atoms with Gasteiger partial charge in [0.25, 0.3) is 0 Å². The van der Waals surface area contributed by atoms with E-state index in [0.717, 1.165) is 22.4 Å². The molecule has 26 heavy (non-hydrogen) atoms. The third-order valence-electron chi connectivity index (χ3n) is 3.72. The second-order valence-electron chi connectivity index (χ2n) is 6.07. The van der Waals surface area contributed by atoms with Crippen LogP contribution < -0.4 is 10.6 Å². The van der Waals surface area contributed by atoms with Gasteiger partial charge >= 0.3 is 0 Å². The molecule has 0 aliphatic rings. The number of aryl methyl sites for hydroxylation is 2. The van der Waals surface area contributed by atoms with Crippen molar-refractivity contribution >= 4 is 52.0 Å². The molecule has 7 heteroatoms. The number of benzene rings is 2. The Bertz CT molecular complexity index is 932. The zero-order valence-electron chi connectivity index (χ0n) is 14.4. The number of hydrogen-bond acceptors (Lipinski definition) is 2. The fraction of sp³-hybridized carbons (Fsp3) is 0.158. The molecule has 2 N–H and O–H groups in total. The zero-order valence-corrected chi connectivity index (χ0v) is 16.7. The molecular formula is C19H18Cl2N4S. The second kappa shape index (κ2) is 8.08. The lowest BCUT2D eigenvalue weighted by atomic mass is 10.1. The molecule has 0 aliphatic carbocycles. The highest BCUT2D eigenvalue weighted by atomic mass is 35.5. The highest BCUT2D eigenvalue weighted by Gasteiger charge is 2.10. The van der Waals surface area contributed by atoms with Gasteiger partial charge in [-0.3, -0.25) is 4.68 Å². The van der Waals surface area contributed by atoms with Crippen LogP contribution in [0.1, 0.15) is 16.7 Å². The Morgan fingerprint density at radius 3 is 2.42 bits per heavy atom. The summed E-state index contributed by atoms with van der Waals surface area (Å²) in [5.41, 5.74) is 4.22. The summed E-state index contributed by atoms with van der Waals surface area (Å²) in [6.07, 6.45) is 1.74. The number of thiocarbonyl (C=S) groups is 1. The first kappa shape index (κ1) is 18.7. The van der Waals surface area contributed by atoms with Crippen molar-refractivity contribution in [3.63, 3.8) is 0 Å². The Labute approximate surface area is 168 Å². The predicted molar refractivity (Wildman–Crippen MR) is 114 cm³/mol. The van der Waals surface area contributed by atoms with Gasteiger partial charge in [-0.15, -0.1) is 0 Å². The van der Waals surface area contributed by atoms with E-state index in [1.54, 1.807) is 10.9 Å². The largest absolute Gasteiger partial charge is 0.332 e. The number of rotatable bonds is 4. The maximum absolute atomic E-state index is 6.28. The van der Waals surface area contributed by atoms with Crippen molar-refractivity contribution in [1.29, 1.82) is 0 Å². The van der Waals surface area contributed by atoms with E-state index in [4.69, 9.17) is 35.4 Å². The number of hydrogen-bond donors (Lipinski definition) is 2. The predicted octanol–water partition coefficient (Wildman–Crippen LogP) is 5.66. The van der Waals surface area contributed by atoms with Crippen LogP contribution >= 0.6 is 35.4 Å². The van der Waals surface area contributed by atoms with Gasteiger partial charge in [0.15, 0.2) is 10.9 Å². The molecule has 0 spiro atoms. The minimum absolute atomic E-state index is 0.430. The molecule has 134 valence electrons. The molecule has 0 bridgehead atoms. The van der Waals surface area contributed by atoms with Gasteiger partial charge in [-0.05, 0) is 61.0 Å². The lowest BCUT2D eigenvalue weighted by Gasteiger charge is -2.10. The average molecular weight is 405 g/mol. The topological polar surface area (TPSA) is 41.9 Å². The average Bonchev–Trinajstić information content (AvgIpc) is 2.88. The molecular weight excluding hydrogens is 387 g/mol. The van der Waals surface area contributed by atoms with Crippen LogP contribution in [0, 0.1) is 13.8 Å².